The van der Waals surface area contributed by atoms with E-state index in [-0.39, 0.29) is 22.8 Å². The summed E-state index contributed by atoms with van der Waals surface area (Å²) < 4.78 is 77.4. The first kappa shape index (κ1) is 16.3. The van der Waals surface area contributed by atoms with Gasteiger partial charge in [-0.3, -0.25) is 0 Å². The predicted octanol–water partition coefficient (Wildman–Crippen LogP) is 3.48. The molecule has 0 saturated heterocycles. The molecule has 0 aliphatic rings. The number of hydrogen-bond acceptors (Lipinski definition) is 4. The van der Waals surface area contributed by atoms with Crippen LogP contribution in [-0.4, -0.2) is 19.0 Å². The van der Waals surface area contributed by atoms with Gasteiger partial charge in [-0.1, -0.05) is 13.0 Å². The van der Waals surface area contributed by atoms with Crippen LogP contribution in [0, 0.1) is 5.82 Å². The molecule has 2 rings (SSSR count). The number of halogens is 4. The summed E-state index contributed by atoms with van der Waals surface area (Å²) in [4.78, 5) is 0. The van der Waals surface area contributed by atoms with E-state index in [1.165, 1.54) is 12.1 Å². The smallest absolute Gasteiger partial charge is 0.508 e. The number of fused-ring (bicyclic) bond motifs is 1. The Labute approximate surface area is 123 Å². The second-order valence-electron chi connectivity index (χ2n) is 4.40. The summed E-state index contributed by atoms with van der Waals surface area (Å²) in [7, 11) is -5.93. The zero-order valence-corrected chi connectivity index (χ0v) is 11.9. The van der Waals surface area contributed by atoms with Gasteiger partial charge < -0.3 is 9.29 Å². The highest BCUT2D eigenvalue weighted by atomic mass is 32.2. The lowest BCUT2D eigenvalue weighted by Crippen LogP contribution is -2.28. The molecular formula is C13H10F4O4S. The molecule has 0 aliphatic heterocycles. The Morgan fingerprint density at radius 1 is 1.23 bits per heavy atom. The van der Waals surface area contributed by atoms with E-state index >= 15 is 0 Å². The average molecular weight is 338 g/mol. The van der Waals surface area contributed by atoms with Gasteiger partial charge in [-0.2, -0.15) is 21.6 Å². The quantitative estimate of drug-likeness (QED) is 0.529. The van der Waals surface area contributed by atoms with Gasteiger partial charge in [-0.05, 0) is 29.5 Å². The van der Waals surface area contributed by atoms with Gasteiger partial charge in [-0.25, -0.2) is 4.39 Å². The summed E-state index contributed by atoms with van der Waals surface area (Å²) in [6.45, 7) is 1.55. The summed E-state index contributed by atoms with van der Waals surface area (Å²) in [6, 6.07) is 4.14. The number of phenolic OH excluding ortho intramolecular Hbond substituents is 1. The van der Waals surface area contributed by atoms with Crippen molar-refractivity contribution in [3.8, 4) is 11.5 Å². The van der Waals surface area contributed by atoms with E-state index < -0.39 is 32.9 Å². The number of alkyl halides is 3. The zero-order chi connectivity index (χ0) is 16.7. The van der Waals surface area contributed by atoms with Crippen LogP contribution in [0.3, 0.4) is 0 Å². The van der Waals surface area contributed by atoms with E-state index in [1.807, 2.05) is 0 Å². The number of aryl methyl sites for hydroxylation is 1. The molecule has 0 spiro atoms. The third kappa shape index (κ3) is 2.80. The van der Waals surface area contributed by atoms with E-state index in [4.69, 9.17) is 0 Å². The van der Waals surface area contributed by atoms with Gasteiger partial charge in [0.15, 0.2) is 5.75 Å². The van der Waals surface area contributed by atoms with Gasteiger partial charge in [0.05, 0.1) is 0 Å². The molecule has 0 aromatic heterocycles. The standard InChI is InChI=1S/C13H10F4O4S/c1-2-9-10(14)4-3-7-5-8(18)6-11(12(7)9)21-22(19,20)13(15,16)17/h3-6,18H,2H2,1H3. The van der Waals surface area contributed by atoms with Crippen molar-refractivity contribution in [1.29, 1.82) is 0 Å². The number of benzene rings is 2. The van der Waals surface area contributed by atoms with Gasteiger partial charge in [0.2, 0.25) is 0 Å². The van der Waals surface area contributed by atoms with E-state index in [2.05, 4.69) is 4.18 Å². The summed E-state index contributed by atoms with van der Waals surface area (Å²) in [5.74, 6) is -1.99. The Bertz CT molecular complexity index is 828. The number of hydrogen-bond donors (Lipinski definition) is 1. The highest BCUT2D eigenvalue weighted by molar-refractivity contribution is 7.88. The zero-order valence-electron chi connectivity index (χ0n) is 11.1. The Kier molecular flexibility index (Phi) is 3.94. The summed E-state index contributed by atoms with van der Waals surface area (Å²) in [5.41, 5.74) is -5.64. The highest BCUT2D eigenvalue weighted by Gasteiger charge is 2.48. The maximum atomic E-state index is 13.8. The van der Waals surface area contributed by atoms with Crippen molar-refractivity contribution in [1.82, 2.24) is 0 Å². The van der Waals surface area contributed by atoms with Crippen LogP contribution >= 0.6 is 0 Å². The molecule has 4 nitrogen and oxygen atoms in total. The topological polar surface area (TPSA) is 63.6 Å². The first-order valence-corrected chi connectivity index (χ1v) is 7.42. The van der Waals surface area contributed by atoms with E-state index in [0.29, 0.717) is 6.07 Å². The molecule has 0 atom stereocenters. The molecular weight excluding hydrogens is 328 g/mol. The van der Waals surface area contributed by atoms with Gasteiger partial charge in [0, 0.05) is 11.5 Å². The largest absolute Gasteiger partial charge is 0.534 e. The molecule has 0 amide bonds. The molecule has 0 fully saturated rings. The number of phenols is 1. The van der Waals surface area contributed by atoms with Gasteiger partial charge in [0.1, 0.15) is 11.6 Å². The molecule has 0 unspecified atom stereocenters. The third-order valence-corrected chi connectivity index (χ3v) is 3.92. The summed E-state index contributed by atoms with van der Waals surface area (Å²) >= 11 is 0. The first-order chi connectivity index (χ1) is 10.1. The lowest BCUT2D eigenvalue weighted by atomic mass is 10.0. The summed E-state index contributed by atoms with van der Waals surface area (Å²) in [6.07, 6.45) is 0.0936. The molecule has 22 heavy (non-hydrogen) atoms. The van der Waals surface area contributed by atoms with E-state index in [9.17, 15) is 31.1 Å². The Morgan fingerprint density at radius 3 is 2.41 bits per heavy atom. The predicted molar refractivity (Wildman–Crippen MR) is 70.6 cm³/mol. The van der Waals surface area contributed by atoms with Crippen molar-refractivity contribution in [2.45, 2.75) is 18.9 Å². The Morgan fingerprint density at radius 2 is 1.86 bits per heavy atom. The molecule has 0 saturated carbocycles. The minimum absolute atomic E-state index is 0.00938. The number of aromatic hydroxyl groups is 1. The van der Waals surface area contributed by atoms with E-state index in [0.717, 1.165) is 6.07 Å². The molecule has 0 heterocycles. The van der Waals surface area contributed by atoms with E-state index in [1.54, 1.807) is 6.92 Å². The van der Waals surface area contributed by atoms with Crippen LogP contribution in [0.4, 0.5) is 17.6 Å². The third-order valence-electron chi connectivity index (χ3n) is 2.95. The maximum Gasteiger partial charge on any atom is 0.534 e. The Hall–Kier alpha value is -2.03. The van der Waals surface area contributed by atoms with Crippen molar-refractivity contribution in [3.05, 3.63) is 35.6 Å². The monoisotopic (exact) mass is 338 g/mol. The summed E-state index contributed by atoms with van der Waals surface area (Å²) in [5, 5.41) is 9.52. The minimum Gasteiger partial charge on any atom is -0.508 e. The van der Waals surface area contributed by atoms with Gasteiger partial charge in [0.25, 0.3) is 0 Å². The van der Waals surface area contributed by atoms with Crippen LogP contribution in [0.1, 0.15) is 12.5 Å². The van der Waals surface area contributed by atoms with Gasteiger partial charge >= 0.3 is 15.6 Å². The minimum atomic E-state index is -5.93. The maximum absolute atomic E-state index is 13.8. The fourth-order valence-corrected chi connectivity index (χ4v) is 2.50. The molecule has 0 bridgehead atoms. The van der Waals surface area contributed by atoms with Crippen molar-refractivity contribution in [2.24, 2.45) is 0 Å². The van der Waals surface area contributed by atoms with Crippen LogP contribution in [0.15, 0.2) is 24.3 Å². The van der Waals surface area contributed by atoms with Crippen LogP contribution in [0.5, 0.6) is 11.5 Å². The Balaban J connectivity index is 2.76. The lowest BCUT2D eigenvalue weighted by molar-refractivity contribution is -0.0499. The highest BCUT2D eigenvalue weighted by Crippen LogP contribution is 2.37. The second-order valence-corrected chi connectivity index (χ2v) is 5.94. The fourth-order valence-electron chi connectivity index (χ4n) is 2.04. The second kappa shape index (κ2) is 5.31. The molecule has 2 aromatic rings. The lowest BCUT2D eigenvalue weighted by Gasteiger charge is -2.14. The van der Waals surface area contributed by atoms with Crippen LogP contribution in [0.25, 0.3) is 10.8 Å². The van der Waals surface area contributed by atoms with Crippen molar-refractivity contribution < 1.29 is 35.3 Å². The molecule has 120 valence electrons. The van der Waals surface area contributed by atoms with Crippen LogP contribution < -0.4 is 4.18 Å². The molecule has 0 radical (unpaired) electrons. The molecule has 0 aliphatic carbocycles. The van der Waals surface area contributed by atoms with Crippen molar-refractivity contribution in [2.75, 3.05) is 0 Å². The van der Waals surface area contributed by atoms with Crippen molar-refractivity contribution >= 4 is 20.9 Å². The SMILES string of the molecule is CCc1c(F)ccc2cc(O)cc(OS(=O)(=O)C(F)(F)F)c12. The molecule has 1 N–H and O–H groups in total. The first-order valence-electron chi connectivity index (χ1n) is 6.01. The fraction of sp³-hybridized carbons (Fsp3) is 0.231. The molecule has 9 heteroatoms. The average Bonchev–Trinajstić information content (AvgIpc) is 2.37. The van der Waals surface area contributed by atoms with Crippen molar-refractivity contribution in [3.63, 3.8) is 0 Å². The van der Waals surface area contributed by atoms with Crippen LogP contribution in [0.2, 0.25) is 0 Å². The molecule has 2 aromatic carbocycles. The normalized spacial score (nSPS) is 12.6. The van der Waals surface area contributed by atoms with Gasteiger partial charge in [-0.15, -0.1) is 0 Å². The van der Waals surface area contributed by atoms with Crippen LogP contribution in [-0.2, 0) is 16.5 Å². The number of rotatable bonds is 3.